The Hall–Kier alpha value is -0.126. The Balaban J connectivity index is 0. The van der Waals surface area contributed by atoms with Crippen LogP contribution in [0.3, 0.4) is 0 Å². The zero-order valence-electron chi connectivity index (χ0n) is 7.48. The topological polar surface area (TPSA) is 9.23 Å². The fraction of sp³-hybridized carbons (Fsp3) is 0.429. The van der Waals surface area contributed by atoms with Gasteiger partial charge in [-0.05, 0) is 13.1 Å². The molecule has 0 aliphatic carbocycles. The van der Waals surface area contributed by atoms with Gasteiger partial charge >= 0.3 is 0 Å². The quantitative estimate of drug-likeness (QED) is 0.569. The van der Waals surface area contributed by atoms with Crippen LogP contribution in [0.1, 0.15) is 0 Å². The molecule has 0 aliphatic heterocycles. The lowest BCUT2D eigenvalue weighted by Gasteiger charge is -2.12. The van der Waals surface area contributed by atoms with Crippen LogP contribution in [-0.4, -0.2) is 25.7 Å². The molecule has 0 bridgehead atoms. The second-order valence-electron chi connectivity index (χ2n) is 2.42. The highest BCUT2D eigenvalue weighted by Gasteiger charge is 2.13. The molecule has 0 aromatic rings. The highest BCUT2D eigenvalue weighted by Crippen LogP contribution is 2.00. The SMILES string of the molecule is C=C[SiH3].C=C[Si](C)(C)OC. The van der Waals surface area contributed by atoms with E-state index in [0.29, 0.717) is 0 Å². The minimum absolute atomic E-state index is 1.13. The average molecular weight is 174 g/mol. The van der Waals surface area contributed by atoms with Crippen LogP contribution in [0.25, 0.3) is 0 Å². The van der Waals surface area contributed by atoms with Gasteiger partial charge in [-0.1, -0.05) is 5.70 Å². The number of rotatable bonds is 2. The molecule has 3 heteroatoms. The van der Waals surface area contributed by atoms with Crippen LogP contribution in [-0.2, 0) is 4.43 Å². The van der Waals surface area contributed by atoms with Gasteiger partial charge in [-0.25, -0.2) is 0 Å². The van der Waals surface area contributed by atoms with Gasteiger partial charge in [0.2, 0.25) is 8.32 Å². The van der Waals surface area contributed by atoms with Gasteiger partial charge in [0.1, 0.15) is 0 Å². The van der Waals surface area contributed by atoms with E-state index in [9.17, 15) is 0 Å². The van der Waals surface area contributed by atoms with E-state index in [1.54, 1.807) is 7.11 Å². The lowest BCUT2D eigenvalue weighted by Crippen LogP contribution is -2.24. The summed E-state index contributed by atoms with van der Waals surface area (Å²) in [6, 6.07) is 0. The normalized spacial score (nSPS) is 9.50. The summed E-state index contributed by atoms with van der Waals surface area (Å²) >= 11 is 0. The monoisotopic (exact) mass is 174 g/mol. The number of hydrogen-bond acceptors (Lipinski definition) is 1. The largest absolute Gasteiger partial charge is 0.417 e. The van der Waals surface area contributed by atoms with Crippen LogP contribution < -0.4 is 0 Å². The molecule has 0 spiro atoms. The minimum Gasteiger partial charge on any atom is -0.417 e. The van der Waals surface area contributed by atoms with Crippen molar-refractivity contribution in [3.63, 3.8) is 0 Å². The first kappa shape index (κ1) is 12.5. The summed E-state index contributed by atoms with van der Waals surface area (Å²) in [7, 11) is 1.48. The molecule has 60 valence electrons. The Morgan fingerprint density at radius 2 is 1.70 bits per heavy atom. The van der Waals surface area contributed by atoms with Crippen LogP contribution in [0.2, 0.25) is 13.1 Å². The summed E-state index contributed by atoms with van der Waals surface area (Å²) in [4.78, 5) is 0. The van der Waals surface area contributed by atoms with E-state index in [1.807, 2.05) is 11.4 Å². The molecule has 0 aromatic carbocycles. The highest BCUT2D eigenvalue weighted by atomic mass is 28.4. The molecular formula is C7H18OSi2. The molecule has 0 saturated heterocycles. The summed E-state index contributed by atoms with van der Waals surface area (Å²) in [6.07, 6.45) is 0. The number of hydrogen-bond donors (Lipinski definition) is 0. The van der Waals surface area contributed by atoms with Gasteiger partial charge in [-0.2, -0.15) is 0 Å². The van der Waals surface area contributed by atoms with Crippen molar-refractivity contribution in [1.82, 2.24) is 0 Å². The third kappa shape index (κ3) is 10.8. The standard InChI is InChI=1S/C5H12OSi.C2H6Si/c1-5-7(3,4)6-2;1-2-3/h5H,1H2,2-4H3;2H,1H2,3H3. The molecule has 0 heterocycles. The summed E-state index contributed by atoms with van der Waals surface area (Å²) in [5.41, 5.74) is 3.80. The Bertz CT molecular complexity index is 99.8. The third-order valence-electron chi connectivity index (χ3n) is 1.02. The predicted molar refractivity (Wildman–Crippen MR) is 54.8 cm³/mol. The van der Waals surface area contributed by atoms with Crippen molar-refractivity contribution < 1.29 is 4.43 Å². The molecular weight excluding hydrogens is 156 g/mol. The van der Waals surface area contributed by atoms with Crippen molar-refractivity contribution in [2.24, 2.45) is 0 Å². The van der Waals surface area contributed by atoms with E-state index < -0.39 is 8.32 Å². The Morgan fingerprint density at radius 3 is 1.70 bits per heavy atom. The zero-order valence-corrected chi connectivity index (χ0v) is 10.5. The Morgan fingerprint density at radius 1 is 1.40 bits per heavy atom. The molecule has 0 radical (unpaired) electrons. The molecule has 0 aromatic heterocycles. The van der Waals surface area contributed by atoms with Crippen LogP contribution in [0.5, 0.6) is 0 Å². The minimum atomic E-state index is -1.39. The van der Waals surface area contributed by atoms with Gasteiger partial charge in [0.05, 0.1) is 0 Å². The Kier molecular flexibility index (Phi) is 8.76. The van der Waals surface area contributed by atoms with Crippen molar-refractivity contribution in [3.8, 4) is 0 Å². The predicted octanol–water partition coefficient (Wildman–Crippen LogP) is 1.06. The first-order valence-corrected chi connectivity index (χ1v) is 7.44. The summed E-state index contributed by atoms with van der Waals surface area (Å²) < 4.78 is 5.11. The molecule has 0 atom stereocenters. The summed E-state index contributed by atoms with van der Waals surface area (Å²) in [6.45, 7) is 11.3. The van der Waals surface area contributed by atoms with Crippen LogP contribution in [0, 0.1) is 0 Å². The van der Waals surface area contributed by atoms with E-state index in [-0.39, 0.29) is 0 Å². The Labute approximate surface area is 68.3 Å². The second-order valence-corrected chi connectivity index (χ2v) is 7.26. The lowest BCUT2D eigenvalue weighted by atomic mass is 11.3. The summed E-state index contributed by atoms with van der Waals surface area (Å²) in [5, 5.41) is 0. The van der Waals surface area contributed by atoms with Crippen LogP contribution in [0.15, 0.2) is 24.6 Å². The maximum Gasteiger partial charge on any atom is 0.209 e. The van der Waals surface area contributed by atoms with Gasteiger partial charge in [-0.3, -0.25) is 0 Å². The van der Waals surface area contributed by atoms with E-state index in [0.717, 1.165) is 10.2 Å². The maximum absolute atomic E-state index is 5.11. The fourth-order valence-electron chi connectivity index (χ4n) is 0.0833. The first-order valence-electron chi connectivity index (χ1n) is 3.29. The van der Waals surface area contributed by atoms with Crippen molar-refractivity contribution in [2.75, 3.05) is 7.11 Å². The second kappa shape index (κ2) is 6.99. The van der Waals surface area contributed by atoms with Crippen molar-refractivity contribution in [3.05, 3.63) is 24.6 Å². The molecule has 10 heavy (non-hydrogen) atoms. The lowest BCUT2D eigenvalue weighted by molar-refractivity contribution is 0.415. The van der Waals surface area contributed by atoms with Gasteiger partial charge < -0.3 is 4.43 Å². The fourth-order valence-corrected chi connectivity index (χ4v) is 0.250. The van der Waals surface area contributed by atoms with E-state index >= 15 is 0 Å². The molecule has 0 rings (SSSR count). The third-order valence-corrected chi connectivity index (χ3v) is 3.05. The molecule has 0 aliphatic rings. The van der Waals surface area contributed by atoms with E-state index in [4.69, 9.17) is 4.43 Å². The average Bonchev–Trinajstić information content (AvgIpc) is 1.90. The molecule has 0 amide bonds. The van der Waals surface area contributed by atoms with Crippen molar-refractivity contribution in [1.29, 1.82) is 0 Å². The zero-order chi connectivity index (χ0) is 8.62. The molecule has 1 nitrogen and oxygen atoms in total. The molecule has 0 saturated carbocycles. The smallest absolute Gasteiger partial charge is 0.209 e. The van der Waals surface area contributed by atoms with Gasteiger partial charge in [-0.15, -0.1) is 18.9 Å². The summed E-state index contributed by atoms with van der Waals surface area (Å²) in [5.74, 6) is 0. The molecule has 0 unspecified atom stereocenters. The first-order chi connectivity index (χ1) is 4.54. The van der Waals surface area contributed by atoms with Crippen molar-refractivity contribution >= 4 is 18.6 Å². The van der Waals surface area contributed by atoms with Gasteiger partial charge in [0.25, 0.3) is 0 Å². The van der Waals surface area contributed by atoms with Crippen molar-refractivity contribution in [2.45, 2.75) is 13.1 Å². The van der Waals surface area contributed by atoms with E-state index in [2.05, 4.69) is 26.3 Å². The highest BCUT2D eigenvalue weighted by molar-refractivity contribution is 6.76. The van der Waals surface area contributed by atoms with Crippen LogP contribution >= 0.6 is 0 Å². The van der Waals surface area contributed by atoms with E-state index in [1.165, 1.54) is 0 Å². The van der Waals surface area contributed by atoms with Gasteiger partial charge in [0, 0.05) is 17.4 Å². The maximum atomic E-state index is 5.11. The van der Waals surface area contributed by atoms with Gasteiger partial charge in [0.15, 0.2) is 0 Å². The van der Waals surface area contributed by atoms with Crippen LogP contribution in [0.4, 0.5) is 0 Å². The molecule has 0 fully saturated rings. The molecule has 0 N–H and O–H groups in total.